The summed E-state index contributed by atoms with van der Waals surface area (Å²) in [6, 6.07) is 5.57. The molecule has 1 aliphatic rings. The average molecular weight is 436 g/mol. The van der Waals surface area contributed by atoms with Gasteiger partial charge in [0.1, 0.15) is 35.5 Å². The van der Waals surface area contributed by atoms with E-state index in [-0.39, 0.29) is 28.6 Å². The van der Waals surface area contributed by atoms with Crippen LogP contribution in [0.5, 0.6) is 5.88 Å². The molecule has 0 aliphatic carbocycles. The second kappa shape index (κ2) is 8.44. The Hall–Kier alpha value is -2.92. The maximum atomic E-state index is 14.0. The summed E-state index contributed by atoms with van der Waals surface area (Å²) in [7, 11) is 0. The number of pyridine rings is 1. The number of ether oxygens (including phenoxy) is 2. The molecule has 1 amide bonds. The molecule has 1 aromatic heterocycles. The first-order valence-corrected chi connectivity index (χ1v) is 9.62. The molecule has 0 saturated carbocycles. The Morgan fingerprint density at radius 1 is 1.30 bits per heavy atom. The molecule has 2 aromatic rings. The van der Waals surface area contributed by atoms with Crippen molar-refractivity contribution in [3.05, 3.63) is 57.2 Å². The van der Waals surface area contributed by atoms with E-state index in [4.69, 9.17) is 21.1 Å². The summed E-state index contributed by atoms with van der Waals surface area (Å²) < 4.78 is 38.9. The van der Waals surface area contributed by atoms with Crippen LogP contribution < -0.4 is 4.74 Å². The summed E-state index contributed by atoms with van der Waals surface area (Å²) in [6.45, 7) is 5.47. The van der Waals surface area contributed by atoms with Gasteiger partial charge in [-0.15, -0.1) is 0 Å². The number of carbonyl (C=O) groups is 1. The van der Waals surface area contributed by atoms with Crippen molar-refractivity contribution >= 4 is 17.7 Å². The second-order valence-corrected chi connectivity index (χ2v) is 8.28. The number of fused-ring (bicyclic) bond motifs is 1. The molecular weight excluding hydrogens is 416 g/mol. The number of rotatable bonds is 3. The Balaban J connectivity index is 1.82. The van der Waals surface area contributed by atoms with E-state index in [9.17, 15) is 18.8 Å². The van der Waals surface area contributed by atoms with E-state index in [0.29, 0.717) is 18.7 Å². The molecule has 0 N–H and O–H groups in total. The van der Waals surface area contributed by atoms with Gasteiger partial charge in [-0.1, -0.05) is 11.6 Å². The Bertz CT molecular complexity index is 1010. The largest absolute Gasteiger partial charge is 0.472 e. The zero-order valence-electron chi connectivity index (χ0n) is 16.8. The number of halogens is 3. The summed E-state index contributed by atoms with van der Waals surface area (Å²) >= 11 is 5.63. The number of carbonyl (C=O) groups excluding carboxylic acids is 1. The number of hydrogen-bond donors (Lipinski definition) is 0. The molecule has 0 atom stereocenters. The van der Waals surface area contributed by atoms with Crippen molar-refractivity contribution in [2.75, 3.05) is 6.54 Å². The molecule has 158 valence electrons. The first-order valence-electron chi connectivity index (χ1n) is 9.24. The third kappa shape index (κ3) is 4.97. The van der Waals surface area contributed by atoms with Crippen LogP contribution in [0.25, 0.3) is 0 Å². The van der Waals surface area contributed by atoms with Gasteiger partial charge >= 0.3 is 6.09 Å². The summed E-state index contributed by atoms with van der Waals surface area (Å²) in [5.41, 5.74) is 0.546. The van der Waals surface area contributed by atoms with E-state index in [1.807, 2.05) is 6.07 Å². The standard InChI is InChI=1S/C21H20ClF2N3O3/c1-21(2,3)30-20(28)27-5-4-12-6-13(9-25)19(26-18(12)10-27)29-11-15-16(23)7-14(22)8-17(15)24/h6-8H,4-5,10-11H2,1-3H3. The zero-order valence-corrected chi connectivity index (χ0v) is 17.5. The molecule has 0 saturated heterocycles. The highest BCUT2D eigenvalue weighted by Crippen LogP contribution is 2.27. The number of amides is 1. The lowest BCUT2D eigenvalue weighted by Crippen LogP contribution is -2.40. The van der Waals surface area contributed by atoms with Crippen molar-refractivity contribution in [2.45, 2.75) is 45.9 Å². The summed E-state index contributed by atoms with van der Waals surface area (Å²) in [5.74, 6) is -1.77. The fourth-order valence-electron chi connectivity index (χ4n) is 2.97. The van der Waals surface area contributed by atoms with E-state index >= 15 is 0 Å². The van der Waals surface area contributed by atoms with E-state index in [0.717, 1.165) is 17.7 Å². The molecule has 1 aromatic carbocycles. The van der Waals surface area contributed by atoms with Gasteiger partial charge in [-0.2, -0.15) is 5.26 Å². The highest BCUT2D eigenvalue weighted by Gasteiger charge is 2.27. The van der Waals surface area contributed by atoms with Crippen molar-refractivity contribution in [1.82, 2.24) is 9.88 Å². The average Bonchev–Trinajstić information content (AvgIpc) is 2.64. The smallest absolute Gasteiger partial charge is 0.410 e. The predicted molar refractivity (Wildman–Crippen MR) is 105 cm³/mol. The molecule has 0 unspecified atom stereocenters. The van der Waals surface area contributed by atoms with Crippen LogP contribution in [0.2, 0.25) is 5.02 Å². The van der Waals surface area contributed by atoms with Crippen molar-refractivity contribution in [3.8, 4) is 11.9 Å². The first-order chi connectivity index (χ1) is 14.1. The van der Waals surface area contributed by atoms with Gasteiger partial charge in [0, 0.05) is 11.6 Å². The molecule has 3 rings (SSSR count). The molecule has 0 spiro atoms. The van der Waals surface area contributed by atoms with E-state index < -0.39 is 29.9 Å². The van der Waals surface area contributed by atoms with Crippen LogP contribution in [0.15, 0.2) is 18.2 Å². The summed E-state index contributed by atoms with van der Waals surface area (Å²) in [4.78, 5) is 18.2. The van der Waals surface area contributed by atoms with Gasteiger partial charge in [0.05, 0.1) is 17.8 Å². The second-order valence-electron chi connectivity index (χ2n) is 7.85. The third-order valence-corrected chi connectivity index (χ3v) is 4.60. The van der Waals surface area contributed by atoms with Crippen LogP contribution in [0.3, 0.4) is 0 Å². The Labute approximate surface area is 178 Å². The highest BCUT2D eigenvalue weighted by atomic mass is 35.5. The van der Waals surface area contributed by atoms with Crippen molar-refractivity contribution in [1.29, 1.82) is 5.26 Å². The lowest BCUT2D eigenvalue weighted by molar-refractivity contribution is 0.0220. The molecular formula is C21H20ClF2N3O3. The van der Waals surface area contributed by atoms with Gasteiger partial charge in [0.25, 0.3) is 0 Å². The van der Waals surface area contributed by atoms with E-state index in [2.05, 4.69) is 4.98 Å². The van der Waals surface area contributed by atoms with Crippen LogP contribution in [-0.4, -0.2) is 28.1 Å². The maximum Gasteiger partial charge on any atom is 0.410 e. The molecule has 0 radical (unpaired) electrons. The molecule has 0 fully saturated rings. The van der Waals surface area contributed by atoms with E-state index in [1.54, 1.807) is 26.8 Å². The van der Waals surface area contributed by atoms with Crippen LogP contribution in [0, 0.1) is 23.0 Å². The van der Waals surface area contributed by atoms with Gasteiger partial charge in [-0.05, 0) is 51.0 Å². The third-order valence-electron chi connectivity index (χ3n) is 4.38. The first kappa shape index (κ1) is 21.8. The minimum absolute atomic E-state index is 0.0592. The Kier molecular flexibility index (Phi) is 6.13. The fourth-order valence-corrected chi connectivity index (χ4v) is 3.16. The Morgan fingerprint density at radius 2 is 1.97 bits per heavy atom. The summed E-state index contributed by atoms with van der Waals surface area (Å²) in [5, 5.41) is 9.34. The number of aromatic nitrogens is 1. The van der Waals surface area contributed by atoms with Crippen LogP contribution >= 0.6 is 11.6 Å². The van der Waals surface area contributed by atoms with Crippen LogP contribution in [-0.2, 0) is 24.3 Å². The van der Waals surface area contributed by atoms with E-state index in [1.165, 1.54) is 4.90 Å². The minimum atomic E-state index is -0.854. The lowest BCUT2D eigenvalue weighted by Gasteiger charge is -2.30. The maximum absolute atomic E-state index is 14.0. The molecule has 2 heterocycles. The molecule has 6 nitrogen and oxygen atoms in total. The number of hydrogen-bond acceptors (Lipinski definition) is 5. The quantitative estimate of drug-likeness (QED) is 0.695. The SMILES string of the molecule is CC(C)(C)OC(=O)N1CCc2cc(C#N)c(OCc3c(F)cc(Cl)cc3F)nc2C1. The molecule has 0 bridgehead atoms. The topological polar surface area (TPSA) is 75.5 Å². The lowest BCUT2D eigenvalue weighted by atomic mass is 10.0. The highest BCUT2D eigenvalue weighted by molar-refractivity contribution is 6.30. The number of nitrogens with zero attached hydrogens (tertiary/aromatic N) is 3. The number of benzene rings is 1. The number of nitriles is 1. The fraction of sp³-hybridized carbons (Fsp3) is 0.381. The monoisotopic (exact) mass is 435 g/mol. The van der Waals surface area contributed by atoms with Crippen LogP contribution in [0.4, 0.5) is 13.6 Å². The minimum Gasteiger partial charge on any atom is -0.472 e. The van der Waals surface area contributed by atoms with Crippen molar-refractivity contribution in [3.63, 3.8) is 0 Å². The van der Waals surface area contributed by atoms with Crippen molar-refractivity contribution in [2.24, 2.45) is 0 Å². The normalized spacial score (nSPS) is 13.4. The molecule has 1 aliphatic heterocycles. The van der Waals surface area contributed by atoms with Crippen LogP contribution in [0.1, 0.15) is 43.2 Å². The van der Waals surface area contributed by atoms with Gasteiger partial charge < -0.3 is 14.4 Å². The van der Waals surface area contributed by atoms with Gasteiger partial charge in [0.15, 0.2) is 0 Å². The molecule has 30 heavy (non-hydrogen) atoms. The predicted octanol–water partition coefficient (Wildman–Crippen LogP) is 4.76. The summed E-state index contributed by atoms with van der Waals surface area (Å²) in [6.07, 6.45) is 0.0313. The van der Waals surface area contributed by atoms with Gasteiger partial charge in [0.2, 0.25) is 5.88 Å². The van der Waals surface area contributed by atoms with Crippen molar-refractivity contribution < 1.29 is 23.0 Å². The zero-order chi connectivity index (χ0) is 22.1. The Morgan fingerprint density at radius 3 is 2.57 bits per heavy atom. The van der Waals surface area contributed by atoms with Gasteiger partial charge in [-0.25, -0.2) is 18.6 Å². The molecule has 9 heteroatoms. The van der Waals surface area contributed by atoms with Gasteiger partial charge in [-0.3, -0.25) is 0 Å².